The fourth-order valence-corrected chi connectivity index (χ4v) is 3.63. The molecule has 1 atom stereocenters. The molecular weight excluding hydrogens is 332 g/mol. The van der Waals surface area contributed by atoms with E-state index in [0.29, 0.717) is 6.54 Å². The summed E-state index contributed by atoms with van der Waals surface area (Å²) in [6, 6.07) is 7.98. The summed E-state index contributed by atoms with van der Waals surface area (Å²) in [5.41, 5.74) is 6.10. The van der Waals surface area contributed by atoms with E-state index in [-0.39, 0.29) is 23.1 Å². The van der Waals surface area contributed by atoms with E-state index in [1.54, 1.807) is 0 Å². The van der Waals surface area contributed by atoms with Crippen LogP contribution in [0.15, 0.2) is 28.7 Å². The van der Waals surface area contributed by atoms with Crippen LogP contribution in [-0.2, 0) is 15.0 Å². The van der Waals surface area contributed by atoms with Crippen LogP contribution in [0.2, 0.25) is 0 Å². The zero-order valence-electron chi connectivity index (χ0n) is 11.8. The predicted octanol–water partition coefficient (Wildman–Crippen LogP) is 2.20. The second-order valence-electron chi connectivity index (χ2n) is 6.09. The van der Waals surface area contributed by atoms with Gasteiger partial charge in [-0.25, -0.2) is 0 Å². The fourth-order valence-electron chi connectivity index (χ4n) is 3.23. The number of hydrogen-bond donors (Lipinski definition) is 1. The largest absolute Gasteiger partial charge is 0.369 e. The number of carbonyl (C=O) groups excluding carboxylic acids is 2. The Morgan fingerprint density at radius 3 is 2.71 bits per heavy atom. The SMILES string of the molecule is NC(=O)C1CCCN(C(=O)C2(c3cccc(Br)c3)CC2)C1. The molecule has 2 N–H and O–H groups in total. The third-order valence-electron chi connectivity index (χ3n) is 4.65. The monoisotopic (exact) mass is 350 g/mol. The number of hydrogen-bond acceptors (Lipinski definition) is 2. The highest BCUT2D eigenvalue weighted by Crippen LogP contribution is 2.50. The number of nitrogens with two attached hydrogens (primary N) is 1. The van der Waals surface area contributed by atoms with E-state index in [4.69, 9.17) is 5.73 Å². The first-order chi connectivity index (χ1) is 10.0. The number of primary amides is 1. The molecule has 0 spiro atoms. The summed E-state index contributed by atoms with van der Waals surface area (Å²) in [5, 5.41) is 0. The Kier molecular flexibility index (Phi) is 3.78. The van der Waals surface area contributed by atoms with Crippen molar-refractivity contribution in [2.45, 2.75) is 31.1 Å². The van der Waals surface area contributed by atoms with Gasteiger partial charge in [-0.1, -0.05) is 28.1 Å². The maximum atomic E-state index is 12.9. The molecule has 3 rings (SSSR count). The highest BCUT2D eigenvalue weighted by atomic mass is 79.9. The van der Waals surface area contributed by atoms with Crippen molar-refractivity contribution in [3.8, 4) is 0 Å². The Bertz CT molecular complexity index is 583. The smallest absolute Gasteiger partial charge is 0.233 e. The number of rotatable bonds is 3. The molecule has 0 radical (unpaired) electrons. The first-order valence-corrected chi connectivity index (χ1v) is 8.17. The van der Waals surface area contributed by atoms with E-state index in [2.05, 4.69) is 15.9 Å². The van der Waals surface area contributed by atoms with Gasteiger partial charge in [-0.05, 0) is 43.4 Å². The molecule has 1 aromatic carbocycles. The summed E-state index contributed by atoms with van der Waals surface area (Å²) in [4.78, 5) is 26.1. The van der Waals surface area contributed by atoms with Crippen LogP contribution in [-0.4, -0.2) is 29.8 Å². The Morgan fingerprint density at radius 2 is 2.10 bits per heavy atom. The molecule has 1 aromatic rings. The molecule has 1 aliphatic heterocycles. The van der Waals surface area contributed by atoms with E-state index >= 15 is 0 Å². The lowest BCUT2D eigenvalue weighted by Gasteiger charge is -2.34. The minimum absolute atomic E-state index is 0.159. The van der Waals surface area contributed by atoms with Crippen LogP contribution in [0, 0.1) is 5.92 Å². The molecule has 0 aromatic heterocycles. The Labute approximate surface area is 132 Å². The van der Waals surface area contributed by atoms with Gasteiger partial charge in [0.05, 0.1) is 11.3 Å². The van der Waals surface area contributed by atoms with E-state index in [9.17, 15) is 9.59 Å². The average molecular weight is 351 g/mol. The van der Waals surface area contributed by atoms with Crippen LogP contribution >= 0.6 is 15.9 Å². The van der Waals surface area contributed by atoms with Crippen LogP contribution in [0.5, 0.6) is 0 Å². The van der Waals surface area contributed by atoms with Gasteiger partial charge in [-0.15, -0.1) is 0 Å². The Morgan fingerprint density at radius 1 is 1.33 bits per heavy atom. The molecule has 2 amide bonds. The highest BCUT2D eigenvalue weighted by molar-refractivity contribution is 9.10. The summed E-state index contributed by atoms with van der Waals surface area (Å²) in [5.74, 6) is -0.327. The topological polar surface area (TPSA) is 63.4 Å². The predicted molar refractivity (Wildman–Crippen MR) is 83.6 cm³/mol. The number of halogens is 1. The molecule has 1 aliphatic carbocycles. The van der Waals surface area contributed by atoms with E-state index in [1.807, 2.05) is 29.2 Å². The van der Waals surface area contributed by atoms with Gasteiger partial charge >= 0.3 is 0 Å². The molecule has 21 heavy (non-hydrogen) atoms. The van der Waals surface area contributed by atoms with Crippen molar-refractivity contribution < 1.29 is 9.59 Å². The van der Waals surface area contributed by atoms with Crippen molar-refractivity contribution in [3.05, 3.63) is 34.3 Å². The van der Waals surface area contributed by atoms with Crippen molar-refractivity contribution in [1.82, 2.24) is 4.90 Å². The van der Waals surface area contributed by atoms with Gasteiger partial charge in [0, 0.05) is 17.6 Å². The quantitative estimate of drug-likeness (QED) is 0.908. The molecular formula is C16H19BrN2O2. The van der Waals surface area contributed by atoms with Gasteiger partial charge < -0.3 is 10.6 Å². The van der Waals surface area contributed by atoms with Crippen molar-refractivity contribution in [3.63, 3.8) is 0 Å². The third kappa shape index (κ3) is 2.71. The third-order valence-corrected chi connectivity index (χ3v) is 5.14. The molecule has 2 fully saturated rings. The lowest BCUT2D eigenvalue weighted by atomic mass is 9.91. The van der Waals surface area contributed by atoms with Crippen molar-refractivity contribution in [1.29, 1.82) is 0 Å². The molecule has 4 nitrogen and oxygen atoms in total. The maximum Gasteiger partial charge on any atom is 0.233 e. The number of amides is 2. The highest BCUT2D eigenvalue weighted by Gasteiger charge is 2.53. The Balaban J connectivity index is 1.80. The standard InChI is InChI=1S/C16H19BrN2O2/c17-13-5-1-4-12(9-13)16(6-7-16)15(21)19-8-2-3-11(10-19)14(18)20/h1,4-5,9,11H,2-3,6-8,10H2,(H2,18,20). The van der Waals surface area contributed by atoms with Gasteiger partial charge in [0.15, 0.2) is 0 Å². The fraction of sp³-hybridized carbons (Fsp3) is 0.500. The minimum Gasteiger partial charge on any atom is -0.369 e. The first-order valence-electron chi connectivity index (χ1n) is 7.38. The lowest BCUT2D eigenvalue weighted by molar-refractivity contribution is -0.137. The van der Waals surface area contributed by atoms with Crippen molar-refractivity contribution >= 4 is 27.7 Å². The molecule has 2 aliphatic rings. The Hall–Kier alpha value is -1.36. The van der Waals surface area contributed by atoms with Gasteiger partial charge in [0.25, 0.3) is 0 Å². The van der Waals surface area contributed by atoms with E-state index < -0.39 is 0 Å². The maximum absolute atomic E-state index is 12.9. The second-order valence-corrected chi connectivity index (χ2v) is 7.00. The molecule has 1 saturated carbocycles. The summed E-state index contributed by atoms with van der Waals surface area (Å²) < 4.78 is 0.993. The van der Waals surface area contributed by atoms with Crippen LogP contribution in [0.4, 0.5) is 0 Å². The first kappa shape index (κ1) is 14.6. The summed E-state index contributed by atoms with van der Waals surface area (Å²) in [6.45, 7) is 1.21. The normalized spacial score (nSPS) is 23.7. The van der Waals surface area contributed by atoms with Gasteiger partial charge in [-0.2, -0.15) is 0 Å². The summed E-state index contributed by atoms with van der Waals surface area (Å²) in [6.07, 6.45) is 3.43. The summed E-state index contributed by atoms with van der Waals surface area (Å²) >= 11 is 3.47. The van der Waals surface area contributed by atoms with E-state index in [0.717, 1.165) is 42.3 Å². The average Bonchev–Trinajstić information content (AvgIpc) is 3.28. The van der Waals surface area contributed by atoms with Crippen LogP contribution in [0.1, 0.15) is 31.2 Å². The zero-order valence-corrected chi connectivity index (χ0v) is 13.4. The van der Waals surface area contributed by atoms with Gasteiger partial charge in [-0.3, -0.25) is 9.59 Å². The van der Waals surface area contributed by atoms with Gasteiger partial charge in [0.2, 0.25) is 11.8 Å². The van der Waals surface area contributed by atoms with E-state index in [1.165, 1.54) is 0 Å². The van der Waals surface area contributed by atoms with Crippen molar-refractivity contribution in [2.24, 2.45) is 11.7 Å². The van der Waals surface area contributed by atoms with Gasteiger partial charge in [0.1, 0.15) is 0 Å². The summed E-state index contributed by atoms with van der Waals surface area (Å²) in [7, 11) is 0. The number of benzene rings is 1. The molecule has 1 heterocycles. The molecule has 112 valence electrons. The second kappa shape index (κ2) is 5.44. The molecule has 5 heteroatoms. The number of carbonyl (C=O) groups is 2. The minimum atomic E-state index is -0.372. The number of piperidine rings is 1. The molecule has 1 unspecified atom stereocenters. The van der Waals surface area contributed by atoms with Crippen LogP contribution in [0.25, 0.3) is 0 Å². The lowest BCUT2D eigenvalue weighted by Crippen LogP contribution is -2.47. The van der Waals surface area contributed by atoms with Crippen LogP contribution in [0.3, 0.4) is 0 Å². The molecule has 0 bridgehead atoms. The van der Waals surface area contributed by atoms with Crippen molar-refractivity contribution in [2.75, 3.05) is 13.1 Å². The number of likely N-dealkylation sites (tertiary alicyclic amines) is 1. The zero-order chi connectivity index (χ0) is 15.0. The number of nitrogens with zero attached hydrogens (tertiary/aromatic N) is 1. The van der Waals surface area contributed by atoms with Crippen LogP contribution < -0.4 is 5.73 Å². The molecule has 1 saturated heterocycles.